The van der Waals surface area contributed by atoms with Crippen molar-refractivity contribution in [2.45, 2.75) is 51.4 Å². The number of Topliss-reactive ketones (excluding diaryl/α,β-unsaturated/α-hetero) is 2. The molecule has 2 aliphatic carbocycles. The molecule has 0 spiro atoms. The molecular weight excluding hydrogens is 511 g/mol. The van der Waals surface area contributed by atoms with E-state index in [1.807, 2.05) is 12.1 Å². The fraction of sp³-hybridized carbons (Fsp3) is 0.345. The lowest BCUT2D eigenvalue weighted by atomic mass is 9.71. The van der Waals surface area contributed by atoms with Crippen LogP contribution in [0.15, 0.2) is 65.0 Å². The molecule has 0 atom stereocenters. The molecule has 3 aliphatic rings. The first-order valence-electron chi connectivity index (χ1n) is 12.6. The normalized spacial score (nSPS) is 18.1. The van der Waals surface area contributed by atoms with Crippen LogP contribution in [0.5, 0.6) is 5.75 Å². The summed E-state index contributed by atoms with van der Waals surface area (Å²) in [7, 11) is 0. The van der Waals surface area contributed by atoms with Crippen molar-refractivity contribution in [2.24, 2.45) is 0 Å². The molecule has 0 bridgehead atoms. The van der Waals surface area contributed by atoms with E-state index >= 15 is 0 Å². The summed E-state index contributed by atoms with van der Waals surface area (Å²) in [5, 5.41) is 3.49. The number of nitrogens with one attached hydrogen (secondary N) is 1. The second-order valence-electron chi connectivity index (χ2n) is 9.49. The number of hydrogen-bond donors (Lipinski definition) is 1. The van der Waals surface area contributed by atoms with Crippen LogP contribution in [0, 0.1) is 0 Å². The van der Waals surface area contributed by atoms with E-state index in [4.69, 9.17) is 27.9 Å². The highest BCUT2D eigenvalue weighted by Gasteiger charge is 2.42. The summed E-state index contributed by atoms with van der Waals surface area (Å²) in [5.41, 5.74) is 5.13. The predicted molar refractivity (Wildman–Crippen MR) is 144 cm³/mol. The van der Waals surface area contributed by atoms with E-state index in [1.54, 1.807) is 30.3 Å². The number of amides is 1. The highest BCUT2D eigenvalue weighted by atomic mass is 35.5. The minimum atomic E-state index is -0.347. The van der Waals surface area contributed by atoms with Crippen molar-refractivity contribution in [2.75, 3.05) is 18.5 Å². The number of allylic oxidation sites excluding steroid dienone is 4. The van der Waals surface area contributed by atoms with Crippen LogP contribution in [-0.2, 0) is 14.4 Å². The second-order valence-corrected chi connectivity index (χ2v) is 10.3. The van der Waals surface area contributed by atoms with E-state index < -0.39 is 0 Å². The minimum Gasteiger partial charge on any atom is -0.484 e. The van der Waals surface area contributed by atoms with Gasteiger partial charge in [-0.15, -0.1) is 0 Å². The Balaban J connectivity index is 1.36. The average Bonchev–Trinajstić information content (AvgIpc) is 2.89. The number of nitrogens with zero attached hydrogens (tertiary/aromatic N) is 1. The smallest absolute Gasteiger partial charge is 0.262 e. The van der Waals surface area contributed by atoms with E-state index in [1.165, 1.54) is 0 Å². The molecule has 2 aromatic carbocycles. The van der Waals surface area contributed by atoms with Gasteiger partial charge in [-0.25, -0.2) is 0 Å². The number of hydrogen-bond acceptors (Lipinski definition) is 5. The van der Waals surface area contributed by atoms with Gasteiger partial charge in [0.05, 0.1) is 10.0 Å². The lowest BCUT2D eigenvalue weighted by molar-refractivity contribution is -0.118. The predicted octanol–water partition coefficient (Wildman–Crippen LogP) is 6.44. The molecule has 2 aromatic rings. The average molecular weight is 539 g/mol. The molecule has 0 radical (unpaired) electrons. The monoisotopic (exact) mass is 538 g/mol. The highest BCUT2D eigenvalue weighted by Crippen LogP contribution is 2.49. The zero-order valence-electron chi connectivity index (χ0n) is 20.6. The number of ether oxygens (including phenoxy) is 1. The number of anilines is 1. The number of rotatable bonds is 6. The first-order chi connectivity index (χ1) is 17.9. The molecule has 1 amide bonds. The van der Waals surface area contributed by atoms with Crippen LogP contribution in [0.3, 0.4) is 0 Å². The molecule has 192 valence electrons. The molecule has 1 aliphatic heterocycles. The fourth-order valence-corrected chi connectivity index (χ4v) is 5.91. The van der Waals surface area contributed by atoms with Gasteiger partial charge in [0, 0.05) is 53.5 Å². The number of halogens is 2. The SMILES string of the molecule is CCN1C2=C(C(=O)CCC2)C(c2ccc(OCC(=O)Nc3ccc(Cl)c(Cl)c3)cc2)C2=C1CCCC2=O. The van der Waals surface area contributed by atoms with Gasteiger partial charge < -0.3 is 15.0 Å². The van der Waals surface area contributed by atoms with E-state index in [0.29, 0.717) is 34.3 Å². The van der Waals surface area contributed by atoms with Gasteiger partial charge in [0.25, 0.3) is 5.91 Å². The van der Waals surface area contributed by atoms with Gasteiger partial charge in [-0.3, -0.25) is 14.4 Å². The van der Waals surface area contributed by atoms with Gasteiger partial charge >= 0.3 is 0 Å². The summed E-state index contributed by atoms with van der Waals surface area (Å²) in [6.45, 7) is 2.65. The molecule has 0 aromatic heterocycles. The van der Waals surface area contributed by atoms with Crippen molar-refractivity contribution in [3.8, 4) is 5.75 Å². The van der Waals surface area contributed by atoms with Crippen molar-refractivity contribution >= 4 is 46.4 Å². The molecule has 5 rings (SSSR count). The molecule has 0 saturated carbocycles. The zero-order valence-corrected chi connectivity index (χ0v) is 22.1. The van der Waals surface area contributed by atoms with E-state index in [0.717, 1.165) is 60.3 Å². The summed E-state index contributed by atoms with van der Waals surface area (Å²) in [6, 6.07) is 12.2. The summed E-state index contributed by atoms with van der Waals surface area (Å²) in [5.74, 6) is 0.107. The number of benzene rings is 2. The molecular formula is C29H28Cl2N2O4. The van der Waals surface area contributed by atoms with Gasteiger partial charge in [-0.05, 0) is 68.5 Å². The number of carbonyl (C=O) groups is 3. The summed E-state index contributed by atoms with van der Waals surface area (Å²) in [4.78, 5) is 40.9. The lowest BCUT2D eigenvalue weighted by Gasteiger charge is -2.43. The van der Waals surface area contributed by atoms with Gasteiger partial charge in [0.15, 0.2) is 18.2 Å². The van der Waals surface area contributed by atoms with Gasteiger partial charge in [-0.1, -0.05) is 35.3 Å². The van der Waals surface area contributed by atoms with Crippen LogP contribution < -0.4 is 10.1 Å². The molecule has 6 nitrogen and oxygen atoms in total. The van der Waals surface area contributed by atoms with Crippen LogP contribution in [0.4, 0.5) is 5.69 Å². The maximum Gasteiger partial charge on any atom is 0.262 e. The Bertz CT molecular complexity index is 1290. The fourth-order valence-electron chi connectivity index (χ4n) is 5.61. The Morgan fingerprint density at radius 3 is 2.11 bits per heavy atom. The van der Waals surface area contributed by atoms with E-state index in [2.05, 4.69) is 17.1 Å². The minimum absolute atomic E-state index is 0.133. The largest absolute Gasteiger partial charge is 0.484 e. The van der Waals surface area contributed by atoms with E-state index in [9.17, 15) is 14.4 Å². The van der Waals surface area contributed by atoms with Crippen molar-refractivity contribution in [3.63, 3.8) is 0 Å². The summed E-state index contributed by atoms with van der Waals surface area (Å²) in [6.07, 6.45) is 4.41. The second kappa shape index (κ2) is 10.7. The molecule has 8 heteroatoms. The third-order valence-corrected chi connectivity index (χ3v) is 7.93. The highest BCUT2D eigenvalue weighted by molar-refractivity contribution is 6.42. The molecule has 0 unspecified atom stereocenters. The Morgan fingerprint density at radius 1 is 0.919 bits per heavy atom. The van der Waals surface area contributed by atoms with E-state index in [-0.39, 0.29) is 30.0 Å². The molecule has 1 heterocycles. The third kappa shape index (κ3) is 5.05. The van der Waals surface area contributed by atoms with Crippen LogP contribution in [0.1, 0.15) is 56.9 Å². The summed E-state index contributed by atoms with van der Waals surface area (Å²) >= 11 is 11.9. The van der Waals surface area contributed by atoms with Crippen LogP contribution >= 0.6 is 23.2 Å². The maximum atomic E-state index is 13.2. The topological polar surface area (TPSA) is 75.7 Å². The number of ketones is 2. The Labute approximate surface area is 226 Å². The molecule has 1 N–H and O–H groups in total. The zero-order chi connectivity index (χ0) is 26.1. The molecule has 37 heavy (non-hydrogen) atoms. The third-order valence-electron chi connectivity index (χ3n) is 7.19. The van der Waals surface area contributed by atoms with Crippen molar-refractivity contribution < 1.29 is 19.1 Å². The Kier molecular flexibility index (Phi) is 7.40. The number of carbonyl (C=O) groups excluding carboxylic acids is 3. The lowest BCUT2D eigenvalue weighted by Crippen LogP contribution is -2.39. The van der Waals surface area contributed by atoms with Gasteiger partial charge in [0.2, 0.25) is 0 Å². The maximum absolute atomic E-state index is 13.2. The Hall–Kier alpha value is -3.09. The standard InChI is InChI=1S/C29H28Cl2N2O4/c1-2-33-22-5-3-7-24(34)28(22)27(29-23(33)6-4-8-25(29)35)17-9-12-19(13-10-17)37-16-26(36)32-18-11-14-20(30)21(31)15-18/h9-15,27H,2-8,16H2,1H3,(H,32,36). The van der Waals surface area contributed by atoms with Crippen molar-refractivity contribution in [1.29, 1.82) is 0 Å². The molecule has 0 fully saturated rings. The van der Waals surface area contributed by atoms with Crippen LogP contribution in [-0.4, -0.2) is 35.5 Å². The quantitative estimate of drug-likeness (QED) is 0.457. The first kappa shape index (κ1) is 25.6. The van der Waals surface area contributed by atoms with Crippen molar-refractivity contribution in [1.82, 2.24) is 4.90 Å². The van der Waals surface area contributed by atoms with Gasteiger partial charge in [-0.2, -0.15) is 0 Å². The van der Waals surface area contributed by atoms with Crippen molar-refractivity contribution in [3.05, 3.63) is 80.6 Å². The molecule has 0 saturated heterocycles. The Morgan fingerprint density at radius 2 is 1.54 bits per heavy atom. The first-order valence-corrected chi connectivity index (χ1v) is 13.4. The van der Waals surface area contributed by atoms with Gasteiger partial charge in [0.1, 0.15) is 5.75 Å². The summed E-state index contributed by atoms with van der Waals surface area (Å²) < 4.78 is 5.69. The van der Waals surface area contributed by atoms with Crippen LogP contribution in [0.2, 0.25) is 10.0 Å². The van der Waals surface area contributed by atoms with Crippen LogP contribution in [0.25, 0.3) is 0 Å².